The fourth-order valence-electron chi connectivity index (χ4n) is 0.651. The monoisotopic (exact) mass is 234 g/mol. The molecule has 0 aromatic rings. The Morgan fingerprint density at radius 3 is 2.06 bits per heavy atom. The van der Waals surface area contributed by atoms with E-state index in [1.807, 2.05) is 10.9 Å². The molecule has 0 saturated heterocycles. The molecule has 0 aliphatic carbocycles. The van der Waals surface area contributed by atoms with Crippen molar-refractivity contribution in [1.82, 2.24) is 10.9 Å². The molecule has 0 rings (SSSR count). The highest BCUT2D eigenvalue weighted by molar-refractivity contribution is 6.58. The number of hydrazine groups is 1. The molecule has 0 bridgehead atoms. The van der Waals surface area contributed by atoms with Crippen LogP contribution in [0.1, 0.15) is 20.8 Å². The first kappa shape index (κ1) is 15.9. The number of rotatable bonds is 3. The molecule has 0 aromatic heterocycles. The van der Waals surface area contributed by atoms with Gasteiger partial charge in [0.05, 0.1) is 23.5 Å². The number of amides is 2. The van der Waals surface area contributed by atoms with Crippen molar-refractivity contribution < 1.29 is 19.1 Å². The smallest absolute Gasteiger partial charge is 0.426 e. The summed E-state index contributed by atoms with van der Waals surface area (Å²) in [6.45, 7) is 4.55. The van der Waals surface area contributed by atoms with Crippen molar-refractivity contribution in [2.75, 3.05) is 6.61 Å². The number of nitrogens with one attached hydrogen (secondary N) is 2. The van der Waals surface area contributed by atoms with E-state index in [0.29, 0.717) is 0 Å². The Morgan fingerprint density at radius 2 is 1.65 bits per heavy atom. The van der Waals surface area contributed by atoms with Crippen LogP contribution in [0, 0.1) is 0 Å². The van der Waals surface area contributed by atoms with Gasteiger partial charge in [-0.3, -0.25) is 10.2 Å². The van der Waals surface area contributed by atoms with Gasteiger partial charge in [0.25, 0.3) is 5.91 Å². The largest absolute Gasteiger partial charge is 0.443 e. The Kier molecular flexibility index (Phi) is 5.61. The summed E-state index contributed by atoms with van der Waals surface area (Å²) in [7, 11) is 15.2. The predicted octanol–water partition coefficient (Wildman–Crippen LogP) is -1.32. The summed E-state index contributed by atoms with van der Waals surface area (Å²) < 4.78 is 9.41. The van der Waals surface area contributed by atoms with Crippen molar-refractivity contribution in [2.45, 2.75) is 31.7 Å². The van der Waals surface area contributed by atoms with Gasteiger partial charge in [0, 0.05) is 0 Å². The number of hydrogen-bond acceptors (Lipinski definition) is 4. The van der Waals surface area contributed by atoms with Gasteiger partial charge in [0.2, 0.25) is 0 Å². The van der Waals surface area contributed by atoms with Crippen molar-refractivity contribution in [2.24, 2.45) is 0 Å². The maximum Gasteiger partial charge on any atom is 0.426 e. The standard InChI is InChI=1S/C8H13B3N2O4/c1-7(2,3)17-6(15)13-12-5(14)4-16-8(9,10)11/h4H2,1-3H3,(H,12,14)(H,13,15). The molecule has 0 saturated carbocycles. The number of carbonyl (C=O) groups is 2. The first-order valence-electron chi connectivity index (χ1n) is 4.78. The molecule has 0 aliphatic rings. The molecule has 0 atom stereocenters. The molecule has 0 unspecified atom stereocenters. The third-order valence-electron chi connectivity index (χ3n) is 1.16. The second-order valence-electron chi connectivity index (χ2n) is 4.32. The average molecular weight is 234 g/mol. The Balaban J connectivity index is 3.82. The van der Waals surface area contributed by atoms with Gasteiger partial charge in [0.1, 0.15) is 12.2 Å². The maximum atomic E-state index is 11.1. The third kappa shape index (κ3) is 11.2. The van der Waals surface area contributed by atoms with Crippen molar-refractivity contribution in [3.63, 3.8) is 0 Å². The first-order valence-corrected chi connectivity index (χ1v) is 4.78. The van der Waals surface area contributed by atoms with E-state index in [9.17, 15) is 9.59 Å². The van der Waals surface area contributed by atoms with Crippen LogP contribution in [0.3, 0.4) is 0 Å². The summed E-state index contributed by atoms with van der Waals surface area (Å²) in [5.74, 6) is -0.679. The van der Waals surface area contributed by atoms with E-state index in [1.54, 1.807) is 20.8 Å². The molecule has 0 aliphatic heterocycles. The van der Waals surface area contributed by atoms with E-state index in [4.69, 9.17) is 28.3 Å². The van der Waals surface area contributed by atoms with E-state index in [1.165, 1.54) is 0 Å². The summed E-state index contributed by atoms with van der Waals surface area (Å²) >= 11 is 0. The summed E-state index contributed by atoms with van der Waals surface area (Å²) in [6.07, 6.45) is -0.801. The Hall–Kier alpha value is -1.11. The molecule has 9 heteroatoms. The zero-order chi connectivity index (χ0) is 13.7. The van der Waals surface area contributed by atoms with Crippen LogP contribution in [0.5, 0.6) is 0 Å². The molecule has 2 N–H and O–H groups in total. The van der Waals surface area contributed by atoms with Gasteiger partial charge in [-0.05, 0) is 26.1 Å². The summed E-state index contributed by atoms with van der Waals surface area (Å²) in [6, 6.07) is 0. The van der Waals surface area contributed by atoms with E-state index < -0.39 is 29.5 Å². The van der Waals surface area contributed by atoms with Crippen LogP contribution < -0.4 is 10.9 Å². The van der Waals surface area contributed by atoms with Gasteiger partial charge in [0.15, 0.2) is 0 Å². The van der Waals surface area contributed by atoms with Gasteiger partial charge < -0.3 is 9.47 Å². The van der Waals surface area contributed by atoms with Crippen molar-refractivity contribution in [3.8, 4) is 0 Å². The lowest BCUT2D eigenvalue weighted by Gasteiger charge is -2.21. The second-order valence-corrected chi connectivity index (χ2v) is 4.32. The molecule has 17 heavy (non-hydrogen) atoms. The quantitative estimate of drug-likeness (QED) is 0.468. The van der Waals surface area contributed by atoms with Crippen molar-refractivity contribution >= 4 is 35.5 Å². The molecule has 0 heterocycles. The van der Waals surface area contributed by atoms with E-state index in [2.05, 4.69) is 4.74 Å². The Labute approximate surface area is 104 Å². The summed E-state index contributed by atoms with van der Waals surface area (Å²) in [5, 5.41) is -1.90. The summed E-state index contributed by atoms with van der Waals surface area (Å²) in [4.78, 5) is 22.2. The van der Waals surface area contributed by atoms with Crippen LogP contribution >= 0.6 is 0 Å². The Bertz CT molecular complexity index is 285. The first-order chi connectivity index (χ1) is 7.49. The van der Waals surface area contributed by atoms with E-state index in [-0.39, 0.29) is 0 Å². The highest BCUT2D eigenvalue weighted by Gasteiger charge is 2.17. The molecule has 6 nitrogen and oxygen atoms in total. The maximum absolute atomic E-state index is 11.1. The average Bonchev–Trinajstić information content (AvgIpc) is 2.07. The van der Waals surface area contributed by atoms with Crippen LogP contribution in [0.2, 0.25) is 0 Å². The molecular weight excluding hydrogens is 221 g/mol. The molecular formula is C8H13B3N2O4. The normalized spacial score (nSPS) is 11.7. The second kappa shape index (κ2) is 6.00. The van der Waals surface area contributed by atoms with Gasteiger partial charge in [-0.15, -0.1) is 0 Å². The SMILES string of the molecule is [B]C([B])([B])OCC(=O)NNC(=O)OC(C)(C)C. The van der Waals surface area contributed by atoms with Gasteiger partial charge in [-0.2, -0.15) is 0 Å². The van der Waals surface area contributed by atoms with E-state index >= 15 is 0 Å². The molecule has 0 fully saturated rings. The Morgan fingerprint density at radius 1 is 1.12 bits per heavy atom. The van der Waals surface area contributed by atoms with Crippen molar-refractivity contribution in [3.05, 3.63) is 0 Å². The lowest BCUT2D eigenvalue weighted by atomic mass is 9.52. The third-order valence-corrected chi connectivity index (χ3v) is 1.16. The van der Waals surface area contributed by atoms with Crippen LogP contribution in [0.4, 0.5) is 4.79 Å². The molecule has 2 amide bonds. The lowest BCUT2D eigenvalue weighted by Crippen LogP contribution is -2.47. The minimum atomic E-state index is -1.90. The van der Waals surface area contributed by atoms with Gasteiger partial charge >= 0.3 is 6.09 Å². The highest BCUT2D eigenvalue weighted by atomic mass is 16.6. The molecule has 0 aromatic carbocycles. The number of ether oxygens (including phenoxy) is 2. The minimum absolute atomic E-state index is 0.501. The zero-order valence-electron chi connectivity index (χ0n) is 10.1. The fourth-order valence-corrected chi connectivity index (χ4v) is 0.651. The summed E-state index contributed by atoms with van der Waals surface area (Å²) in [5.41, 5.74) is 3.37. The fraction of sp³-hybridized carbons (Fsp3) is 0.750. The van der Waals surface area contributed by atoms with E-state index in [0.717, 1.165) is 0 Å². The number of hydrogen-bond donors (Lipinski definition) is 2. The van der Waals surface area contributed by atoms with Crippen molar-refractivity contribution in [1.29, 1.82) is 0 Å². The van der Waals surface area contributed by atoms with Gasteiger partial charge in [-0.1, -0.05) is 0 Å². The van der Waals surface area contributed by atoms with Crippen LogP contribution in [-0.4, -0.2) is 53.0 Å². The van der Waals surface area contributed by atoms with Crippen LogP contribution in [0.15, 0.2) is 0 Å². The van der Waals surface area contributed by atoms with Gasteiger partial charge in [-0.25, -0.2) is 10.2 Å². The molecule has 6 radical (unpaired) electrons. The topological polar surface area (TPSA) is 76.7 Å². The minimum Gasteiger partial charge on any atom is -0.443 e. The lowest BCUT2D eigenvalue weighted by molar-refractivity contribution is -0.127. The molecule has 0 spiro atoms. The highest BCUT2D eigenvalue weighted by Crippen LogP contribution is 2.05. The number of carbonyl (C=O) groups excluding carboxylic acids is 2. The van der Waals surface area contributed by atoms with Crippen LogP contribution in [-0.2, 0) is 14.3 Å². The molecule has 88 valence electrons. The zero-order valence-corrected chi connectivity index (χ0v) is 10.1. The van der Waals surface area contributed by atoms with Crippen LogP contribution in [0.25, 0.3) is 0 Å². The predicted molar refractivity (Wildman–Crippen MR) is 63.5 cm³/mol.